The van der Waals surface area contributed by atoms with Gasteiger partial charge in [-0.3, -0.25) is 34.3 Å². The van der Waals surface area contributed by atoms with Crippen LogP contribution in [0.4, 0.5) is 24.8 Å². The average molecular weight is 750 g/mol. The van der Waals surface area contributed by atoms with E-state index in [1.807, 2.05) is 35.4 Å². The lowest BCUT2D eigenvalue weighted by molar-refractivity contribution is -0.136. The number of halogens is 3. The quantitative estimate of drug-likeness (QED) is 0.241. The summed E-state index contributed by atoms with van der Waals surface area (Å²) in [6.45, 7) is 3.50. The minimum atomic E-state index is -1.17. The van der Waals surface area contributed by atoms with Crippen LogP contribution in [0.25, 0.3) is 16.9 Å². The Morgan fingerprint density at radius 1 is 0.782 bits per heavy atom. The highest BCUT2D eigenvalue weighted by atomic mass is 19.1. The lowest BCUT2D eigenvalue weighted by Crippen LogP contribution is -2.54. The molecule has 16 heteroatoms. The van der Waals surface area contributed by atoms with Gasteiger partial charge in [0.25, 0.3) is 11.8 Å². The van der Waals surface area contributed by atoms with Gasteiger partial charge in [-0.15, -0.1) is 0 Å². The van der Waals surface area contributed by atoms with Gasteiger partial charge in [-0.1, -0.05) is 12.1 Å². The van der Waals surface area contributed by atoms with Crippen molar-refractivity contribution in [2.45, 2.75) is 44.3 Å². The molecule has 0 spiro atoms. The van der Waals surface area contributed by atoms with E-state index in [1.165, 1.54) is 24.3 Å². The average Bonchev–Trinajstić information content (AvgIpc) is 3.89. The molecule has 4 aliphatic rings. The smallest absolute Gasteiger partial charge is 0.265 e. The van der Waals surface area contributed by atoms with E-state index in [1.54, 1.807) is 10.7 Å². The van der Waals surface area contributed by atoms with Gasteiger partial charge in [0.05, 0.1) is 34.6 Å². The monoisotopic (exact) mass is 749 g/mol. The third-order valence-electron chi connectivity index (χ3n) is 10.9. The van der Waals surface area contributed by atoms with Gasteiger partial charge in [0.2, 0.25) is 11.8 Å². The van der Waals surface area contributed by atoms with Crippen LogP contribution in [0, 0.1) is 17.5 Å². The number of nitrogens with one attached hydrogen (secondary N) is 1. The second-order valence-corrected chi connectivity index (χ2v) is 14.2. The van der Waals surface area contributed by atoms with Gasteiger partial charge < -0.3 is 9.80 Å². The number of benzene rings is 2. The van der Waals surface area contributed by atoms with Crippen LogP contribution in [-0.4, -0.2) is 91.8 Å². The lowest BCUT2D eigenvalue weighted by Gasteiger charge is -2.35. The summed E-state index contributed by atoms with van der Waals surface area (Å²) in [4.78, 5) is 67.4. The minimum Gasteiger partial charge on any atom is -0.354 e. The predicted molar refractivity (Wildman–Crippen MR) is 192 cm³/mol. The van der Waals surface area contributed by atoms with Crippen LogP contribution in [0.2, 0.25) is 0 Å². The van der Waals surface area contributed by atoms with Crippen LogP contribution >= 0.6 is 0 Å². The topological polar surface area (TPSA) is 136 Å². The van der Waals surface area contributed by atoms with E-state index in [0.29, 0.717) is 74.0 Å². The van der Waals surface area contributed by atoms with Crippen molar-refractivity contribution in [1.29, 1.82) is 0 Å². The third kappa shape index (κ3) is 6.15. The standard InChI is InChI=1S/C39H34F3N9O4/c40-23-6-7-24(27(41)19-23)30-4-2-11-49(30)33-10-12-50-36(45-33)26(20-43-50)29-3-1-5-32(44-29)48-15-13-47(14-16-48)21-22-17-25-35(28(42)18-22)39(55)51(38(25)54)31-8-9-34(52)46-37(31)53/h1,3,5-7,10,12,17-20,30-31H,2,4,8-9,11,13-16,21H2,(H,46,52,53)/t30-,31?/m1/s1. The Morgan fingerprint density at radius 2 is 1.62 bits per heavy atom. The Labute approximate surface area is 312 Å². The second kappa shape index (κ2) is 13.6. The number of fused-ring (bicyclic) bond motifs is 2. The maximum atomic E-state index is 15.4. The number of piperazine rings is 1. The molecule has 280 valence electrons. The summed E-state index contributed by atoms with van der Waals surface area (Å²) in [6.07, 6.45) is 5.06. The van der Waals surface area contributed by atoms with Gasteiger partial charge in [0.1, 0.15) is 35.1 Å². The number of carbonyl (C=O) groups is 4. The zero-order chi connectivity index (χ0) is 38.0. The maximum absolute atomic E-state index is 15.4. The van der Waals surface area contributed by atoms with Crippen LogP contribution in [-0.2, 0) is 16.1 Å². The summed E-state index contributed by atoms with van der Waals surface area (Å²) in [5.74, 6) is -3.43. The molecule has 3 fully saturated rings. The molecule has 55 heavy (non-hydrogen) atoms. The number of hydrogen-bond donors (Lipinski definition) is 1. The van der Waals surface area contributed by atoms with Gasteiger partial charge in [0, 0.05) is 63.5 Å². The first-order valence-electron chi connectivity index (χ1n) is 18.2. The number of pyridine rings is 1. The summed E-state index contributed by atoms with van der Waals surface area (Å²) < 4.78 is 45.5. The lowest BCUT2D eigenvalue weighted by atomic mass is 10.0. The fourth-order valence-electron chi connectivity index (χ4n) is 8.17. The Kier molecular flexibility index (Phi) is 8.56. The largest absolute Gasteiger partial charge is 0.354 e. The van der Waals surface area contributed by atoms with Gasteiger partial charge >= 0.3 is 0 Å². The van der Waals surface area contributed by atoms with E-state index in [4.69, 9.17) is 9.97 Å². The maximum Gasteiger partial charge on any atom is 0.265 e. The number of piperidine rings is 1. The van der Waals surface area contributed by atoms with E-state index >= 15 is 4.39 Å². The van der Waals surface area contributed by atoms with Crippen molar-refractivity contribution in [1.82, 2.24) is 34.7 Å². The highest BCUT2D eigenvalue weighted by Gasteiger charge is 2.46. The second-order valence-electron chi connectivity index (χ2n) is 14.2. The summed E-state index contributed by atoms with van der Waals surface area (Å²) in [7, 11) is 0. The molecule has 0 bridgehead atoms. The molecule has 9 rings (SSSR count). The van der Waals surface area contributed by atoms with E-state index < -0.39 is 47.1 Å². The van der Waals surface area contributed by atoms with E-state index in [0.717, 1.165) is 28.8 Å². The first-order chi connectivity index (χ1) is 26.6. The first kappa shape index (κ1) is 34.6. The molecule has 5 aromatic rings. The van der Waals surface area contributed by atoms with E-state index in [-0.39, 0.29) is 30.0 Å². The number of aromatic nitrogens is 4. The van der Waals surface area contributed by atoms with Gasteiger partial charge in [0.15, 0.2) is 5.65 Å². The number of nitrogens with zero attached hydrogens (tertiary/aromatic N) is 8. The zero-order valence-electron chi connectivity index (χ0n) is 29.4. The van der Waals surface area contributed by atoms with E-state index in [2.05, 4.69) is 20.2 Å². The van der Waals surface area contributed by atoms with Crippen molar-refractivity contribution in [3.63, 3.8) is 0 Å². The molecule has 3 saturated heterocycles. The Morgan fingerprint density at radius 3 is 2.42 bits per heavy atom. The SMILES string of the molecule is O=C1CCC(N2C(=O)c3cc(CN4CCN(c5cccc(-c6cnn7ccc(N8CCC[C@@H]8c8ccc(F)cc8F)nc67)n5)CC4)cc(F)c3C2=O)C(=O)N1. The molecule has 2 aromatic carbocycles. The molecule has 2 atom stereocenters. The summed E-state index contributed by atoms with van der Waals surface area (Å²) in [6, 6.07) is 12.6. The van der Waals surface area contributed by atoms with Crippen molar-refractivity contribution in [2.75, 3.05) is 42.5 Å². The normalized spacial score (nSPS) is 20.5. The van der Waals surface area contributed by atoms with Crippen LogP contribution < -0.4 is 15.1 Å². The van der Waals surface area contributed by atoms with Gasteiger partial charge in [-0.05, 0) is 61.2 Å². The molecule has 4 aliphatic heterocycles. The summed E-state index contributed by atoms with van der Waals surface area (Å²) in [5, 5.41) is 6.65. The number of imide groups is 2. The molecule has 0 radical (unpaired) electrons. The molecule has 13 nitrogen and oxygen atoms in total. The third-order valence-corrected chi connectivity index (χ3v) is 10.9. The molecule has 0 saturated carbocycles. The highest BCUT2D eigenvalue weighted by Crippen LogP contribution is 2.37. The Bertz CT molecular complexity index is 2410. The minimum absolute atomic E-state index is 0.00786. The molecule has 7 heterocycles. The van der Waals surface area contributed by atoms with Crippen molar-refractivity contribution in [2.24, 2.45) is 0 Å². The predicted octanol–water partition coefficient (Wildman–Crippen LogP) is 4.27. The molecular formula is C39H34F3N9O4. The molecular weight excluding hydrogens is 715 g/mol. The van der Waals surface area contributed by atoms with E-state index in [9.17, 15) is 28.0 Å². The number of carbonyl (C=O) groups excluding carboxylic acids is 4. The highest BCUT2D eigenvalue weighted by molar-refractivity contribution is 6.23. The summed E-state index contributed by atoms with van der Waals surface area (Å²) in [5.41, 5.74) is 2.54. The fourth-order valence-corrected chi connectivity index (χ4v) is 8.17. The van der Waals surface area contributed by atoms with Crippen LogP contribution in [0.5, 0.6) is 0 Å². The fraction of sp³-hybridized carbons (Fsp3) is 0.308. The van der Waals surface area contributed by atoms with Crippen LogP contribution in [0.3, 0.4) is 0 Å². The molecule has 0 aliphatic carbocycles. The molecule has 1 unspecified atom stereocenters. The van der Waals surface area contributed by atoms with Crippen molar-refractivity contribution < 1.29 is 32.3 Å². The molecule has 4 amide bonds. The summed E-state index contributed by atoms with van der Waals surface area (Å²) >= 11 is 0. The zero-order valence-corrected chi connectivity index (χ0v) is 29.4. The number of hydrogen-bond acceptors (Lipinski definition) is 10. The number of anilines is 2. The molecule has 3 aromatic heterocycles. The van der Waals surface area contributed by atoms with Crippen LogP contribution in [0.1, 0.15) is 63.6 Å². The van der Waals surface area contributed by atoms with Gasteiger partial charge in [-0.2, -0.15) is 5.10 Å². The first-order valence-corrected chi connectivity index (χ1v) is 18.2. The van der Waals surface area contributed by atoms with Crippen LogP contribution in [0.15, 0.2) is 67.0 Å². The van der Waals surface area contributed by atoms with Gasteiger partial charge in [-0.25, -0.2) is 27.7 Å². The van der Waals surface area contributed by atoms with Crippen molar-refractivity contribution in [3.05, 3.63) is 107 Å². The number of rotatable bonds is 7. The molecule has 1 N–H and O–H groups in total. The Balaban J connectivity index is 0.885. The Hall–Kier alpha value is -6.16. The van der Waals surface area contributed by atoms with Crippen molar-refractivity contribution in [3.8, 4) is 11.3 Å². The number of amides is 4. The van der Waals surface area contributed by atoms with Crippen molar-refractivity contribution >= 4 is 40.9 Å².